The first-order valence-electron chi connectivity index (χ1n) is 7.57. The maximum atomic E-state index is 12.0. The molecule has 0 saturated carbocycles. The van der Waals surface area contributed by atoms with Crippen molar-refractivity contribution in [2.24, 2.45) is 0 Å². The van der Waals surface area contributed by atoms with Crippen LogP contribution in [-0.4, -0.2) is 38.7 Å². The standard InChI is InChI=1S/C15H21N3O2S/c1-2-12(19)11-5-3-4-7-18(11)9-13-16-10-6-8-21-14(10)15(20)17-13/h6,8,11-12,19H,2-5,7,9H2,1H3,(H,16,17,20). The lowest BCUT2D eigenvalue weighted by molar-refractivity contribution is 0.0182. The van der Waals surface area contributed by atoms with Gasteiger partial charge in [-0.3, -0.25) is 9.69 Å². The van der Waals surface area contributed by atoms with Crippen LogP contribution in [0.5, 0.6) is 0 Å². The Bertz CT molecular complexity index is 666. The van der Waals surface area contributed by atoms with Crippen LogP contribution in [-0.2, 0) is 6.54 Å². The molecule has 2 aromatic rings. The average Bonchev–Trinajstić information content (AvgIpc) is 2.96. The summed E-state index contributed by atoms with van der Waals surface area (Å²) >= 11 is 1.42. The summed E-state index contributed by atoms with van der Waals surface area (Å²) in [5.74, 6) is 0.695. The summed E-state index contributed by atoms with van der Waals surface area (Å²) < 4.78 is 0.683. The van der Waals surface area contributed by atoms with E-state index in [1.165, 1.54) is 11.3 Å². The number of nitrogens with one attached hydrogen (secondary N) is 1. The number of fused-ring (bicyclic) bond motifs is 1. The summed E-state index contributed by atoms with van der Waals surface area (Å²) in [5, 5.41) is 12.1. The Balaban J connectivity index is 1.84. The molecule has 3 rings (SSSR count). The predicted octanol–water partition coefficient (Wildman–Crippen LogP) is 2.11. The summed E-state index contributed by atoms with van der Waals surface area (Å²) in [5.41, 5.74) is 0.706. The van der Waals surface area contributed by atoms with Gasteiger partial charge in [-0.25, -0.2) is 4.98 Å². The fourth-order valence-corrected chi connectivity index (χ4v) is 3.84. The maximum absolute atomic E-state index is 12.0. The van der Waals surface area contributed by atoms with Gasteiger partial charge in [0.1, 0.15) is 10.5 Å². The minimum absolute atomic E-state index is 0.0606. The second-order valence-electron chi connectivity index (χ2n) is 5.66. The van der Waals surface area contributed by atoms with Crippen molar-refractivity contribution in [2.45, 2.75) is 51.3 Å². The van der Waals surface area contributed by atoms with E-state index in [4.69, 9.17) is 0 Å². The number of thiophene rings is 1. The van der Waals surface area contributed by atoms with E-state index < -0.39 is 0 Å². The second kappa shape index (κ2) is 6.25. The number of aromatic amines is 1. The van der Waals surface area contributed by atoms with Crippen molar-refractivity contribution < 1.29 is 5.11 Å². The molecule has 6 heteroatoms. The monoisotopic (exact) mass is 307 g/mol. The van der Waals surface area contributed by atoms with Crippen LogP contribution in [0, 0.1) is 0 Å². The van der Waals surface area contributed by atoms with E-state index in [9.17, 15) is 9.90 Å². The van der Waals surface area contributed by atoms with E-state index in [0.717, 1.165) is 37.7 Å². The molecule has 2 aromatic heterocycles. The molecule has 1 fully saturated rings. The Hall–Kier alpha value is -1.24. The summed E-state index contributed by atoms with van der Waals surface area (Å²) in [6.07, 6.45) is 3.76. The third-order valence-corrected chi connectivity index (χ3v) is 5.15. The van der Waals surface area contributed by atoms with Gasteiger partial charge in [0.2, 0.25) is 0 Å². The highest BCUT2D eigenvalue weighted by Gasteiger charge is 2.28. The molecule has 0 amide bonds. The molecule has 5 nitrogen and oxygen atoms in total. The number of aliphatic hydroxyl groups excluding tert-OH is 1. The molecule has 0 spiro atoms. The molecule has 0 aromatic carbocycles. The first-order chi connectivity index (χ1) is 10.2. The molecule has 1 aliphatic heterocycles. The van der Waals surface area contributed by atoms with E-state index in [1.54, 1.807) is 0 Å². The molecule has 1 saturated heterocycles. The fourth-order valence-electron chi connectivity index (χ4n) is 3.11. The van der Waals surface area contributed by atoms with Gasteiger partial charge in [0, 0.05) is 6.04 Å². The lowest BCUT2D eigenvalue weighted by Crippen LogP contribution is -2.46. The number of hydrogen-bond donors (Lipinski definition) is 2. The van der Waals surface area contributed by atoms with E-state index >= 15 is 0 Å². The summed E-state index contributed by atoms with van der Waals surface area (Å²) in [6.45, 7) is 3.56. The summed E-state index contributed by atoms with van der Waals surface area (Å²) in [7, 11) is 0. The quantitative estimate of drug-likeness (QED) is 0.907. The predicted molar refractivity (Wildman–Crippen MR) is 84.6 cm³/mol. The number of aliphatic hydroxyl groups is 1. The lowest BCUT2D eigenvalue weighted by atomic mass is 9.96. The van der Waals surface area contributed by atoms with Crippen LogP contribution in [0.2, 0.25) is 0 Å². The van der Waals surface area contributed by atoms with E-state index in [0.29, 0.717) is 17.1 Å². The zero-order valence-corrected chi connectivity index (χ0v) is 13.0. The van der Waals surface area contributed by atoms with E-state index in [-0.39, 0.29) is 17.7 Å². The number of nitrogens with zero attached hydrogens (tertiary/aromatic N) is 2. The van der Waals surface area contributed by atoms with Crippen LogP contribution in [0.1, 0.15) is 38.4 Å². The van der Waals surface area contributed by atoms with Gasteiger partial charge >= 0.3 is 0 Å². The average molecular weight is 307 g/mol. The minimum atomic E-state index is -0.304. The minimum Gasteiger partial charge on any atom is -0.392 e. The Kier molecular flexibility index (Phi) is 4.37. The van der Waals surface area contributed by atoms with Gasteiger partial charge in [0.05, 0.1) is 18.2 Å². The first-order valence-corrected chi connectivity index (χ1v) is 8.45. The Labute approximate surface area is 127 Å². The smallest absolute Gasteiger partial charge is 0.268 e. The van der Waals surface area contributed by atoms with Gasteiger partial charge in [0.15, 0.2) is 0 Å². The highest BCUT2D eigenvalue weighted by Crippen LogP contribution is 2.23. The van der Waals surface area contributed by atoms with Crippen LogP contribution in [0.15, 0.2) is 16.2 Å². The molecule has 1 aliphatic rings. The van der Waals surface area contributed by atoms with Gasteiger partial charge in [-0.2, -0.15) is 0 Å². The number of aromatic nitrogens is 2. The third kappa shape index (κ3) is 3.02. The molecule has 2 N–H and O–H groups in total. The van der Waals surface area contributed by atoms with Crippen LogP contribution < -0.4 is 5.56 Å². The Morgan fingerprint density at radius 3 is 3.24 bits per heavy atom. The van der Waals surface area contributed by atoms with E-state index in [1.807, 2.05) is 18.4 Å². The molecule has 2 unspecified atom stereocenters. The Morgan fingerprint density at radius 1 is 1.57 bits per heavy atom. The van der Waals surface area contributed by atoms with Gasteiger partial charge in [-0.15, -0.1) is 11.3 Å². The Morgan fingerprint density at radius 2 is 2.43 bits per heavy atom. The van der Waals surface area contributed by atoms with Crippen LogP contribution >= 0.6 is 11.3 Å². The van der Waals surface area contributed by atoms with Crippen molar-refractivity contribution in [1.29, 1.82) is 0 Å². The summed E-state index contributed by atoms with van der Waals surface area (Å²) in [6, 6.07) is 2.06. The van der Waals surface area contributed by atoms with Gasteiger partial charge in [-0.05, 0) is 37.3 Å². The van der Waals surface area contributed by atoms with Crippen LogP contribution in [0.4, 0.5) is 0 Å². The molecular weight excluding hydrogens is 286 g/mol. The highest BCUT2D eigenvalue weighted by atomic mass is 32.1. The van der Waals surface area contributed by atoms with Gasteiger partial charge in [-0.1, -0.05) is 13.3 Å². The van der Waals surface area contributed by atoms with Crippen molar-refractivity contribution in [3.05, 3.63) is 27.6 Å². The zero-order chi connectivity index (χ0) is 14.8. The molecular formula is C15H21N3O2S. The zero-order valence-electron chi connectivity index (χ0n) is 12.2. The first kappa shape index (κ1) is 14.7. The molecule has 0 radical (unpaired) electrons. The number of likely N-dealkylation sites (tertiary alicyclic amines) is 1. The number of piperidine rings is 1. The van der Waals surface area contributed by atoms with E-state index in [2.05, 4.69) is 14.9 Å². The number of H-pyrrole nitrogens is 1. The highest BCUT2D eigenvalue weighted by molar-refractivity contribution is 7.17. The van der Waals surface area contributed by atoms with Crippen molar-refractivity contribution >= 4 is 21.6 Å². The normalized spacial score (nSPS) is 21.7. The molecule has 0 bridgehead atoms. The number of rotatable bonds is 4. The van der Waals surface area contributed by atoms with Crippen LogP contribution in [0.3, 0.4) is 0 Å². The summed E-state index contributed by atoms with van der Waals surface area (Å²) in [4.78, 5) is 21.7. The number of hydrogen-bond acceptors (Lipinski definition) is 5. The van der Waals surface area contributed by atoms with Crippen molar-refractivity contribution in [3.8, 4) is 0 Å². The molecule has 3 heterocycles. The largest absolute Gasteiger partial charge is 0.392 e. The van der Waals surface area contributed by atoms with Crippen LogP contribution in [0.25, 0.3) is 10.2 Å². The lowest BCUT2D eigenvalue weighted by Gasteiger charge is -2.37. The molecule has 0 aliphatic carbocycles. The maximum Gasteiger partial charge on any atom is 0.268 e. The molecule has 2 atom stereocenters. The molecule has 21 heavy (non-hydrogen) atoms. The van der Waals surface area contributed by atoms with Gasteiger partial charge < -0.3 is 10.1 Å². The third-order valence-electron chi connectivity index (χ3n) is 4.24. The van der Waals surface area contributed by atoms with Crippen molar-refractivity contribution in [3.63, 3.8) is 0 Å². The van der Waals surface area contributed by atoms with Gasteiger partial charge in [0.25, 0.3) is 5.56 Å². The second-order valence-corrected chi connectivity index (χ2v) is 6.57. The van der Waals surface area contributed by atoms with Crippen molar-refractivity contribution in [1.82, 2.24) is 14.9 Å². The fraction of sp³-hybridized carbons (Fsp3) is 0.600. The SMILES string of the molecule is CCC(O)C1CCCCN1Cc1nc2ccsc2c(=O)[nH]1. The molecule has 114 valence electrons. The van der Waals surface area contributed by atoms with Crippen molar-refractivity contribution in [2.75, 3.05) is 6.54 Å². The topological polar surface area (TPSA) is 69.2 Å².